The van der Waals surface area contributed by atoms with Gasteiger partial charge in [-0.2, -0.15) is 0 Å². The monoisotopic (exact) mass is 101 g/mol. The Morgan fingerprint density at radius 2 is 2.43 bits per heavy atom. The first-order valence-electron chi connectivity index (χ1n) is 1.77. The zero-order chi connectivity index (χ0) is 5.86. The van der Waals surface area contributed by atoms with Crippen molar-refractivity contribution in [3.63, 3.8) is 0 Å². The SMILES string of the molecule is C=CC(=O)N(C)O. The number of nitrogens with zero attached hydrogens (tertiary/aromatic N) is 1. The van der Waals surface area contributed by atoms with E-state index in [4.69, 9.17) is 5.21 Å². The molecule has 0 heterocycles. The van der Waals surface area contributed by atoms with Crippen molar-refractivity contribution < 1.29 is 10.0 Å². The summed E-state index contributed by atoms with van der Waals surface area (Å²) in [6.45, 7) is 3.13. The topological polar surface area (TPSA) is 40.5 Å². The summed E-state index contributed by atoms with van der Waals surface area (Å²) in [5, 5.41) is 8.70. The molecule has 0 aromatic rings. The molecule has 1 amide bonds. The van der Waals surface area contributed by atoms with E-state index in [1.165, 1.54) is 7.05 Å². The van der Waals surface area contributed by atoms with Gasteiger partial charge in [-0.25, -0.2) is 5.06 Å². The molecule has 3 nitrogen and oxygen atoms in total. The van der Waals surface area contributed by atoms with Crippen molar-refractivity contribution in [3.05, 3.63) is 12.7 Å². The summed E-state index contributed by atoms with van der Waals surface area (Å²) in [5.74, 6) is -0.500. The number of hydrogen-bond acceptors (Lipinski definition) is 2. The van der Waals surface area contributed by atoms with E-state index in [0.29, 0.717) is 5.06 Å². The lowest BCUT2D eigenvalue weighted by Gasteiger charge is -2.00. The average Bonchev–Trinajstić information content (AvgIpc) is 1.65. The molecule has 0 aromatic carbocycles. The summed E-state index contributed by atoms with van der Waals surface area (Å²) < 4.78 is 0. The summed E-state index contributed by atoms with van der Waals surface area (Å²) in [4.78, 5) is 10.1. The number of hydroxylamine groups is 2. The molecule has 0 rings (SSSR count). The molecule has 0 bridgehead atoms. The summed E-state index contributed by atoms with van der Waals surface area (Å²) in [7, 11) is 1.24. The second-order valence-corrected chi connectivity index (χ2v) is 1.07. The maximum Gasteiger partial charge on any atom is 0.269 e. The predicted molar refractivity (Wildman–Crippen MR) is 24.8 cm³/mol. The first kappa shape index (κ1) is 6.17. The Labute approximate surface area is 41.8 Å². The van der Waals surface area contributed by atoms with Crippen molar-refractivity contribution in [1.29, 1.82) is 0 Å². The number of carbonyl (C=O) groups excluding carboxylic acids is 1. The zero-order valence-electron chi connectivity index (χ0n) is 4.09. The third-order valence-electron chi connectivity index (χ3n) is 0.494. The molecule has 0 unspecified atom stereocenters. The first-order chi connectivity index (χ1) is 3.18. The van der Waals surface area contributed by atoms with Gasteiger partial charge in [0.2, 0.25) is 0 Å². The molecule has 0 atom stereocenters. The van der Waals surface area contributed by atoms with Crippen LogP contribution in [0.15, 0.2) is 12.7 Å². The van der Waals surface area contributed by atoms with E-state index in [0.717, 1.165) is 6.08 Å². The zero-order valence-corrected chi connectivity index (χ0v) is 4.09. The molecular formula is C4H7NO2. The Hall–Kier alpha value is -0.830. The third-order valence-corrected chi connectivity index (χ3v) is 0.494. The Bertz CT molecular complexity index is 87.7. The number of hydrogen-bond donors (Lipinski definition) is 1. The molecule has 0 fully saturated rings. The van der Waals surface area contributed by atoms with Gasteiger partial charge in [-0.1, -0.05) is 6.58 Å². The van der Waals surface area contributed by atoms with Gasteiger partial charge >= 0.3 is 0 Å². The third kappa shape index (κ3) is 1.94. The van der Waals surface area contributed by atoms with Gasteiger partial charge in [-0.15, -0.1) is 0 Å². The van der Waals surface area contributed by atoms with Crippen molar-refractivity contribution in [2.75, 3.05) is 7.05 Å². The van der Waals surface area contributed by atoms with Crippen LogP contribution in [0.2, 0.25) is 0 Å². The van der Waals surface area contributed by atoms with Gasteiger partial charge in [0.25, 0.3) is 5.91 Å². The molecule has 0 saturated heterocycles. The first-order valence-corrected chi connectivity index (χ1v) is 1.77. The second-order valence-electron chi connectivity index (χ2n) is 1.07. The second kappa shape index (κ2) is 2.36. The van der Waals surface area contributed by atoms with E-state index in [1.54, 1.807) is 0 Å². The number of amides is 1. The van der Waals surface area contributed by atoms with E-state index >= 15 is 0 Å². The van der Waals surface area contributed by atoms with E-state index in [-0.39, 0.29) is 0 Å². The molecule has 0 aromatic heterocycles. The van der Waals surface area contributed by atoms with Crippen molar-refractivity contribution in [2.45, 2.75) is 0 Å². The van der Waals surface area contributed by atoms with E-state index in [1.807, 2.05) is 0 Å². The lowest BCUT2D eigenvalue weighted by atomic mass is 10.6. The van der Waals surface area contributed by atoms with Crippen LogP contribution in [0, 0.1) is 0 Å². The molecule has 0 radical (unpaired) electrons. The standard InChI is InChI=1S/C4H7NO2/c1-3-4(6)5(2)7/h3,7H,1H2,2H3. The van der Waals surface area contributed by atoms with Crippen LogP contribution in [-0.2, 0) is 4.79 Å². The number of likely N-dealkylation sites (N-methyl/N-ethyl adjacent to an activating group) is 1. The normalized spacial score (nSPS) is 7.71. The van der Waals surface area contributed by atoms with Crippen LogP contribution < -0.4 is 0 Å². The minimum atomic E-state index is -0.500. The van der Waals surface area contributed by atoms with Gasteiger partial charge in [-0.05, 0) is 6.08 Å². The van der Waals surface area contributed by atoms with Crippen LogP contribution >= 0.6 is 0 Å². The Balaban J connectivity index is 3.56. The van der Waals surface area contributed by atoms with Crippen molar-refractivity contribution in [2.24, 2.45) is 0 Å². The smallest absolute Gasteiger partial charge is 0.269 e. The number of carbonyl (C=O) groups is 1. The fourth-order valence-electron chi connectivity index (χ4n) is 0.132. The van der Waals surface area contributed by atoms with Crippen molar-refractivity contribution in [3.8, 4) is 0 Å². The Morgan fingerprint density at radius 3 is 2.43 bits per heavy atom. The molecule has 40 valence electrons. The van der Waals surface area contributed by atoms with Crippen LogP contribution in [-0.4, -0.2) is 23.2 Å². The van der Waals surface area contributed by atoms with Crippen LogP contribution in [0.3, 0.4) is 0 Å². The van der Waals surface area contributed by atoms with Gasteiger partial charge in [0.1, 0.15) is 0 Å². The highest BCUT2D eigenvalue weighted by Crippen LogP contribution is 1.74. The maximum absolute atomic E-state index is 10.1. The lowest BCUT2D eigenvalue weighted by Crippen LogP contribution is -2.19. The largest absolute Gasteiger partial charge is 0.286 e. The van der Waals surface area contributed by atoms with Crippen LogP contribution in [0.5, 0.6) is 0 Å². The highest BCUT2D eigenvalue weighted by Gasteiger charge is 1.94. The molecule has 0 saturated carbocycles. The maximum atomic E-state index is 10.1. The van der Waals surface area contributed by atoms with E-state index in [9.17, 15) is 4.79 Å². The summed E-state index contributed by atoms with van der Waals surface area (Å²) in [5.41, 5.74) is 0. The van der Waals surface area contributed by atoms with Gasteiger partial charge < -0.3 is 0 Å². The molecule has 7 heavy (non-hydrogen) atoms. The molecule has 0 aliphatic rings. The van der Waals surface area contributed by atoms with Gasteiger partial charge in [0.05, 0.1) is 0 Å². The van der Waals surface area contributed by atoms with Crippen LogP contribution in [0.1, 0.15) is 0 Å². The van der Waals surface area contributed by atoms with Gasteiger partial charge in [0, 0.05) is 7.05 Å². The highest BCUT2D eigenvalue weighted by atomic mass is 16.5. The Morgan fingerprint density at radius 1 is 2.00 bits per heavy atom. The lowest BCUT2D eigenvalue weighted by molar-refractivity contribution is -0.153. The molecule has 1 N–H and O–H groups in total. The van der Waals surface area contributed by atoms with E-state index < -0.39 is 5.91 Å². The number of rotatable bonds is 1. The minimum Gasteiger partial charge on any atom is -0.286 e. The van der Waals surface area contributed by atoms with Gasteiger partial charge in [-0.3, -0.25) is 10.0 Å². The van der Waals surface area contributed by atoms with Crippen LogP contribution in [0.25, 0.3) is 0 Å². The quantitative estimate of drug-likeness (QED) is 0.287. The molecular weight excluding hydrogens is 94.0 g/mol. The van der Waals surface area contributed by atoms with E-state index in [2.05, 4.69) is 6.58 Å². The molecule has 0 aliphatic heterocycles. The highest BCUT2D eigenvalue weighted by molar-refractivity contribution is 5.85. The molecule has 0 spiro atoms. The van der Waals surface area contributed by atoms with Crippen molar-refractivity contribution >= 4 is 5.91 Å². The molecule has 0 aliphatic carbocycles. The summed E-state index contributed by atoms with van der Waals surface area (Å²) in [6.07, 6.45) is 1.03. The fraction of sp³-hybridized carbons (Fsp3) is 0.250. The fourth-order valence-corrected chi connectivity index (χ4v) is 0.132. The summed E-state index contributed by atoms with van der Waals surface area (Å²) in [6, 6.07) is 0. The van der Waals surface area contributed by atoms with Crippen LogP contribution in [0.4, 0.5) is 0 Å². The Kier molecular flexibility index (Phi) is 2.08. The van der Waals surface area contributed by atoms with Gasteiger partial charge in [0.15, 0.2) is 0 Å². The predicted octanol–water partition coefficient (Wildman–Crippen LogP) is 0.0200. The minimum absolute atomic E-state index is 0.465. The average molecular weight is 101 g/mol. The van der Waals surface area contributed by atoms with Crippen molar-refractivity contribution in [1.82, 2.24) is 5.06 Å². The molecule has 3 heteroatoms. The summed E-state index contributed by atoms with van der Waals surface area (Å²) >= 11 is 0.